The fourth-order valence-corrected chi connectivity index (χ4v) is 1.94. The first-order valence-corrected chi connectivity index (χ1v) is 7.14. The van der Waals surface area contributed by atoms with Gasteiger partial charge in [0.05, 0.1) is 7.11 Å². The Morgan fingerprint density at radius 1 is 1.09 bits per heavy atom. The van der Waals surface area contributed by atoms with Gasteiger partial charge in [-0.3, -0.25) is 20.4 Å². The van der Waals surface area contributed by atoms with Gasteiger partial charge in [0.15, 0.2) is 0 Å². The van der Waals surface area contributed by atoms with Crippen molar-refractivity contribution in [1.82, 2.24) is 10.9 Å². The summed E-state index contributed by atoms with van der Waals surface area (Å²) in [6.07, 6.45) is 2.94. The lowest BCUT2D eigenvalue weighted by Gasteiger charge is -2.05. The van der Waals surface area contributed by atoms with E-state index < -0.39 is 11.8 Å². The van der Waals surface area contributed by atoms with E-state index in [4.69, 9.17) is 16.3 Å². The summed E-state index contributed by atoms with van der Waals surface area (Å²) in [4.78, 5) is 23.5. The maximum Gasteiger partial charge on any atom is 0.269 e. The summed E-state index contributed by atoms with van der Waals surface area (Å²) in [6.45, 7) is 0. The number of hydrazine groups is 1. The second-order valence-corrected chi connectivity index (χ2v) is 5.00. The Balaban J connectivity index is 1.86. The van der Waals surface area contributed by atoms with Crippen molar-refractivity contribution in [1.29, 1.82) is 0 Å². The molecule has 2 amide bonds. The average molecular weight is 331 g/mol. The van der Waals surface area contributed by atoms with Crippen molar-refractivity contribution in [2.45, 2.75) is 0 Å². The summed E-state index contributed by atoms with van der Waals surface area (Å²) >= 11 is 5.80. The van der Waals surface area contributed by atoms with Crippen LogP contribution in [0.2, 0.25) is 5.02 Å². The van der Waals surface area contributed by atoms with Crippen molar-refractivity contribution >= 4 is 29.5 Å². The van der Waals surface area contributed by atoms with Gasteiger partial charge in [0.25, 0.3) is 11.8 Å². The third-order valence-corrected chi connectivity index (χ3v) is 3.16. The molecule has 2 aromatic carbocycles. The molecule has 6 heteroatoms. The van der Waals surface area contributed by atoms with E-state index in [0.29, 0.717) is 10.6 Å². The van der Waals surface area contributed by atoms with Crippen LogP contribution in [0.4, 0.5) is 0 Å². The van der Waals surface area contributed by atoms with E-state index in [0.717, 1.165) is 11.3 Å². The number of rotatable bonds is 4. The predicted octanol–water partition coefficient (Wildman–Crippen LogP) is 2.82. The summed E-state index contributed by atoms with van der Waals surface area (Å²) < 4.78 is 5.05. The van der Waals surface area contributed by atoms with Crippen molar-refractivity contribution in [3.8, 4) is 5.75 Å². The first-order chi connectivity index (χ1) is 11.1. The van der Waals surface area contributed by atoms with Gasteiger partial charge >= 0.3 is 0 Å². The van der Waals surface area contributed by atoms with Crippen molar-refractivity contribution in [3.63, 3.8) is 0 Å². The molecule has 5 nitrogen and oxygen atoms in total. The molecule has 0 bridgehead atoms. The molecule has 2 N–H and O–H groups in total. The van der Waals surface area contributed by atoms with Gasteiger partial charge in [-0.1, -0.05) is 29.8 Å². The van der Waals surface area contributed by atoms with Crippen LogP contribution in [0.25, 0.3) is 6.08 Å². The van der Waals surface area contributed by atoms with Crippen LogP contribution in [0.15, 0.2) is 54.6 Å². The van der Waals surface area contributed by atoms with Crippen molar-refractivity contribution in [2.24, 2.45) is 0 Å². The number of halogens is 1. The molecule has 23 heavy (non-hydrogen) atoms. The SMILES string of the molecule is COc1ccc(/C=C/C(=O)NNC(=O)c2cccc(Cl)c2)cc1. The highest BCUT2D eigenvalue weighted by Crippen LogP contribution is 2.12. The Kier molecular flexibility index (Phi) is 5.77. The zero-order valence-corrected chi connectivity index (χ0v) is 13.1. The van der Waals surface area contributed by atoms with Crippen molar-refractivity contribution in [3.05, 3.63) is 70.8 Å². The molecular formula is C17H15ClN2O3. The standard InChI is InChI=1S/C17H15ClN2O3/c1-23-15-8-5-12(6-9-15)7-10-16(21)19-20-17(22)13-3-2-4-14(18)11-13/h2-11H,1H3,(H,19,21)(H,20,22)/b10-7+. The average Bonchev–Trinajstić information content (AvgIpc) is 2.58. The lowest BCUT2D eigenvalue weighted by atomic mass is 10.2. The van der Waals surface area contributed by atoms with Crippen LogP contribution in [0.1, 0.15) is 15.9 Å². The maximum atomic E-state index is 11.8. The summed E-state index contributed by atoms with van der Waals surface area (Å²) in [7, 11) is 1.58. The van der Waals surface area contributed by atoms with Crippen LogP contribution in [0, 0.1) is 0 Å². The third-order valence-electron chi connectivity index (χ3n) is 2.93. The van der Waals surface area contributed by atoms with Gasteiger partial charge in [-0.25, -0.2) is 0 Å². The van der Waals surface area contributed by atoms with Crippen LogP contribution in [0.3, 0.4) is 0 Å². The number of nitrogens with one attached hydrogen (secondary N) is 2. The number of hydrogen-bond acceptors (Lipinski definition) is 3. The molecule has 0 aliphatic rings. The number of carbonyl (C=O) groups excluding carboxylic acids is 2. The zero-order valence-electron chi connectivity index (χ0n) is 12.4. The fraction of sp³-hybridized carbons (Fsp3) is 0.0588. The van der Waals surface area contributed by atoms with Gasteiger partial charge in [-0.2, -0.15) is 0 Å². The fourth-order valence-electron chi connectivity index (χ4n) is 1.75. The number of amides is 2. The summed E-state index contributed by atoms with van der Waals surface area (Å²) in [5, 5.41) is 0.448. The van der Waals surface area contributed by atoms with E-state index in [1.807, 2.05) is 12.1 Å². The Morgan fingerprint density at radius 2 is 1.83 bits per heavy atom. The highest BCUT2D eigenvalue weighted by Gasteiger charge is 2.06. The number of carbonyl (C=O) groups is 2. The topological polar surface area (TPSA) is 67.4 Å². The minimum atomic E-state index is -0.448. The minimum absolute atomic E-state index is 0.358. The maximum absolute atomic E-state index is 11.8. The van der Waals surface area contributed by atoms with E-state index in [2.05, 4.69) is 10.9 Å². The van der Waals surface area contributed by atoms with E-state index >= 15 is 0 Å². The lowest BCUT2D eigenvalue weighted by molar-refractivity contribution is -0.117. The minimum Gasteiger partial charge on any atom is -0.497 e. The molecule has 0 fully saturated rings. The predicted molar refractivity (Wildman–Crippen MR) is 89.1 cm³/mol. The quantitative estimate of drug-likeness (QED) is 0.669. The van der Waals surface area contributed by atoms with E-state index in [9.17, 15) is 9.59 Å². The second kappa shape index (κ2) is 8.00. The Hall–Kier alpha value is -2.79. The largest absolute Gasteiger partial charge is 0.497 e. The van der Waals surface area contributed by atoms with Gasteiger partial charge in [0.2, 0.25) is 0 Å². The molecule has 0 aliphatic heterocycles. The first-order valence-electron chi connectivity index (χ1n) is 6.76. The van der Waals surface area contributed by atoms with Gasteiger partial charge in [0, 0.05) is 16.7 Å². The molecule has 0 unspecified atom stereocenters. The van der Waals surface area contributed by atoms with Crippen LogP contribution < -0.4 is 15.6 Å². The number of hydrogen-bond donors (Lipinski definition) is 2. The van der Waals surface area contributed by atoms with Crippen LogP contribution in [-0.2, 0) is 4.79 Å². The molecule has 0 aliphatic carbocycles. The normalized spacial score (nSPS) is 10.3. The number of ether oxygens (including phenoxy) is 1. The van der Waals surface area contributed by atoms with Gasteiger partial charge in [0.1, 0.15) is 5.75 Å². The molecule has 0 radical (unpaired) electrons. The van der Waals surface area contributed by atoms with Gasteiger partial charge < -0.3 is 4.74 Å². The van der Waals surface area contributed by atoms with Crippen molar-refractivity contribution in [2.75, 3.05) is 7.11 Å². The Bertz CT molecular complexity index is 727. The highest BCUT2D eigenvalue weighted by atomic mass is 35.5. The molecular weight excluding hydrogens is 316 g/mol. The monoisotopic (exact) mass is 330 g/mol. The Labute approximate surface area is 138 Å². The molecule has 0 heterocycles. The second-order valence-electron chi connectivity index (χ2n) is 4.56. The summed E-state index contributed by atoms with van der Waals surface area (Å²) in [5.74, 6) is -0.157. The molecule has 0 saturated carbocycles. The molecule has 118 valence electrons. The smallest absolute Gasteiger partial charge is 0.269 e. The van der Waals surface area contributed by atoms with Crippen LogP contribution in [0.5, 0.6) is 5.75 Å². The molecule has 2 aromatic rings. The molecule has 2 rings (SSSR count). The van der Waals surface area contributed by atoms with Gasteiger partial charge in [-0.15, -0.1) is 0 Å². The first kappa shape index (κ1) is 16.6. The Morgan fingerprint density at radius 3 is 2.48 bits per heavy atom. The zero-order chi connectivity index (χ0) is 16.7. The van der Waals surface area contributed by atoms with E-state index in [-0.39, 0.29) is 0 Å². The van der Waals surface area contributed by atoms with E-state index in [1.54, 1.807) is 43.5 Å². The molecule has 0 saturated heterocycles. The molecule has 0 spiro atoms. The summed E-state index contributed by atoms with van der Waals surface area (Å²) in [6, 6.07) is 13.6. The van der Waals surface area contributed by atoms with Crippen LogP contribution in [-0.4, -0.2) is 18.9 Å². The van der Waals surface area contributed by atoms with E-state index in [1.165, 1.54) is 12.1 Å². The third kappa shape index (κ3) is 5.16. The molecule has 0 aromatic heterocycles. The molecule has 0 atom stereocenters. The highest BCUT2D eigenvalue weighted by molar-refractivity contribution is 6.30. The van der Waals surface area contributed by atoms with Crippen LogP contribution >= 0.6 is 11.6 Å². The van der Waals surface area contributed by atoms with Crippen molar-refractivity contribution < 1.29 is 14.3 Å². The number of methoxy groups -OCH3 is 1. The lowest BCUT2D eigenvalue weighted by Crippen LogP contribution is -2.40. The van der Waals surface area contributed by atoms with Gasteiger partial charge in [-0.05, 0) is 42.0 Å². The number of benzene rings is 2. The summed E-state index contributed by atoms with van der Waals surface area (Å²) in [5.41, 5.74) is 5.81.